The van der Waals surface area contributed by atoms with Crippen LogP contribution in [0.1, 0.15) is 76.1 Å². The zero-order valence-electron chi connectivity index (χ0n) is 17.0. The molecule has 1 heteroatoms. The van der Waals surface area contributed by atoms with Crippen LogP contribution in [0, 0.1) is 0 Å². The molecule has 0 radical (unpaired) electrons. The molecule has 26 heavy (non-hydrogen) atoms. The average Bonchev–Trinajstić information content (AvgIpc) is 2.89. The van der Waals surface area contributed by atoms with Crippen LogP contribution in [0.2, 0.25) is 0 Å². The lowest BCUT2D eigenvalue weighted by atomic mass is 9.80. The predicted molar refractivity (Wildman–Crippen MR) is 110 cm³/mol. The Balaban J connectivity index is 1.70. The minimum Gasteiger partial charge on any atom is -0.488 e. The van der Waals surface area contributed by atoms with Crippen LogP contribution in [0.3, 0.4) is 0 Å². The number of rotatable bonds is 4. The summed E-state index contributed by atoms with van der Waals surface area (Å²) in [7, 11) is 0. The molecule has 2 aliphatic carbocycles. The lowest BCUT2D eigenvalue weighted by Crippen LogP contribution is -2.27. The molecule has 4 rings (SSSR count). The standard InChI is InChI=1S/C25H32O/c1-6-14-25(4,5)26-18-8-10-19-17(16-18)7-9-21-20(19)11-12-23-22(21)13-15-24(23,2)3/h8,10-12,16H,6-7,9,13-15H2,1-5H3. The lowest BCUT2D eigenvalue weighted by molar-refractivity contribution is 0.0985. The minimum absolute atomic E-state index is 0.0953. The van der Waals surface area contributed by atoms with Gasteiger partial charge in [0.25, 0.3) is 0 Å². The molecule has 0 spiro atoms. The number of aryl methyl sites for hydroxylation is 1. The van der Waals surface area contributed by atoms with E-state index in [-0.39, 0.29) is 5.60 Å². The van der Waals surface area contributed by atoms with Crippen molar-refractivity contribution in [3.05, 3.63) is 52.6 Å². The summed E-state index contributed by atoms with van der Waals surface area (Å²) in [6.45, 7) is 11.4. The van der Waals surface area contributed by atoms with Gasteiger partial charge in [0.15, 0.2) is 0 Å². The number of hydrogen-bond acceptors (Lipinski definition) is 1. The molecule has 0 N–H and O–H groups in total. The summed E-state index contributed by atoms with van der Waals surface area (Å²) in [6.07, 6.45) is 7.05. The van der Waals surface area contributed by atoms with Crippen molar-refractivity contribution in [3.8, 4) is 16.9 Å². The molecular weight excluding hydrogens is 316 g/mol. The third-order valence-corrected chi connectivity index (χ3v) is 6.42. The highest BCUT2D eigenvalue weighted by atomic mass is 16.5. The Bertz CT molecular complexity index is 841. The molecule has 0 aliphatic heterocycles. The molecule has 0 unspecified atom stereocenters. The zero-order chi connectivity index (χ0) is 18.5. The molecule has 2 aliphatic rings. The summed E-state index contributed by atoms with van der Waals surface area (Å²) in [5, 5.41) is 0. The first-order valence-corrected chi connectivity index (χ1v) is 10.3. The summed E-state index contributed by atoms with van der Waals surface area (Å²) in [6, 6.07) is 11.5. The van der Waals surface area contributed by atoms with Gasteiger partial charge in [-0.05, 0) is 96.9 Å². The third-order valence-electron chi connectivity index (χ3n) is 6.42. The Hall–Kier alpha value is -1.76. The van der Waals surface area contributed by atoms with Crippen LogP contribution in [-0.2, 0) is 24.7 Å². The number of fused-ring (bicyclic) bond motifs is 5. The van der Waals surface area contributed by atoms with E-state index in [1.54, 1.807) is 16.7 Å². The summed E-state index contributed by atoms with van der Waals surface area (Å²) >= 11 is 0. The smallest absolute Gasteiger partial charge is 0.120 e. The van der Waals surface area contributed by atoms with E-state index >= 15 is 0 Å². The van der Waals surface area contributed by atoms with Crippen LogP contribution in [0.15, 0.2) is 30.3 Å². The molecule has 0 fully saturated rings. The fourth-order valence-corrected chi connectivity index (χ4v) is 5.06. The Morgan fingerprint density at radius 2 is 1.73 bits per heavy atom. The summed E-state index contributed by atoms with van der Waals surface area (Å²) < 4.78 is 6.30. The van der Waals surface area contributed by atoms with Gasteiger partial charge in [-0.3, -0.25) is 0 Å². The summed E-state index contributed by atoms with van der Waals surface area (Å²) in [4.78, 5) is 0. The monoisotopic (exact) mass is 348 g/mol. The van der Waals surface area contributed by atoms with Crippen LogP contribution < -0.4 is 4.74 Å². The third kappa shape index (κ3) is 2.96. The second-order valence-corrected chi connectivity index (χ2v) is 9.43. The molecule has 0 bridgehead atoms. The van der Waals surface area contributed by atoms with Crippen molar-refractivity contribution in [2.24, 2.45) is 0 Å². The summed E-state index contributed by atoms with van der Waals surface area (Å²) in [5.41, 5.74) is 9.40. The van der Waals surface area contributed by atoms with Crippen LogP contribution >= 0.6 is 0 Å². The number of benzene rings is 2. The molecule has 0 aromatic heterocycles. The first-order valence-electron chi connectivity index (χ1n) is 10.3. The maximum absolute atomic E-state index is 6.30. The zero-order valence-corrected chi connectivity index (χ0v) is 17.0. The first-order chi connectivity index (χ1) is 12.3. The van der Waals surface area contributed by atoms with E-state index in [0.29, 0.717) is 5.41 Å². The molecule has 0 heterocycles. The van der Waals surface area contributed by atoms with E-state index in [9.17, 15) is 0 Å². The maximum Gasteiger partial charge on any atom is 0.120 e. The van der Waals surface area contributed by atoms with E-state index < -0.39 is 0 Å². The topological polar surface area (TPSA) is 9.23 Å². The highest BCUT2D eigenvalue weighted by molar-refractivity contribution is 5.76. The highest BCUT2D eigenvalue weighted by Crippen LogP contribution is 2.45. The van der Waals surface area contributed by atoms with Gasteiger partial charge in [0.1, 0.15) is 11.4 Å². The molecule has 0 saturated heterocycles. The second-order valence-electron chi connectivity index (χ2n) is 9.43. The van der Waals surface area contributed by atoms with Gasteiger partial charge < -0.3 is 4.74 Å². The van der Waals surface area contributed by atoms with Crippen LogP contribution in [0.4, 0.5) is 0 Å². The Morgan fingerprint density at radius 1 is 0.962 bits per heavy atom. The average molecular weight is 349 g/mol. The van der Waals surface area contributed by atoms with Crippen molar-refractivity contribution in [2.45, 2.75) is 84.2 Å². The lowest BCUT2D eigenvalue weighted by Gasteiger charge is -2.28. The van der Waals surface area contributed by atoms with Crippen molar-refractivity contribution in [1.29, 1.82) is 0 Å². The van der Waals surface area contributed by atoms with E-state index in [2.05, 4.69) is 65.0 Å². The molecule has 1 nitrogen and oxygen atoms in total. The van der Waals surface area contributed by atoms with Gasteiger partial charge in [-0.15, -0.1) is 0 Å². The Kier molecular flexibility index (Phi) is 4.17. The van der Waals surface area contributed by atoms with Crippen molar-refractivity contribution in [3.63, 3.8) is 0 Å². The first kappa shape index (κ1) is 17.6. The van der Waals surface area contributed by atoms with Crippen LogP contribution in [-0.4, -0.2) is 5.60 Å². The van der Waals surface area contributed by atoms with E-state index in [0.717, 1.165) is 25.0 Å². The largest absolute Gasteiger partial charge is 0.488 e. The van der Waals surface area contributed by atoms with Gasteiger partial charge in [-0.25, -0.2) is 0 Å². The normalized spacial score (nSPS) is 17.4. The molecule has 0 saturated carbocycles. The fraction of sp³-hybridized carbons (Fsp3) is 0.520. The van der Waals surface area contributed by atoms with E-state index in [1.807, 2.05) is 0 Å². The predicted octanol–water partition coefficient (Wildman–Crippen LogP) is 6.63. The summed E-state index contributed by atoms with van der Waals surface area (Å²) in [5.74, 6) is 1.02. The van der Waals surface area contributed by atoms with Gasteiger partial charge in [0.05, 0.1) is 0 Å². The van der Waals surface area contributed by atoms with Gasteiger partial charge in [0, 0.05) is 0 Å². The van der Waals surface area contributed by atoms with Crippen LogP contribution in [0.25, 0.3) is 11.1 Å². The van der Waals surface area contributed by atoms with Gasteiger partial charge >= 0.3 is 0 Å². The van der Waals surface area contributed by atoms with Gasteiger partial charge in [-0.1, -0.05) is 45.4 Å². The molecular formula is C25H32O. The van der Waals surface area contributed by atoms with E-state index in [4.69, 9.17) is 4.74 Å². The fourth-order valence-electron chi connectivity index (χ4n) is 5.06. The molecule has 0 amide bonds. The quantitative estimate of drug-likeness (QED) is 0.602. The molecule has 138 valence electrons. The van der Waals surface area contributed by atoms with Crippen molar-refractivity contribution >= 4 is 0 Å². The highest BCUT2D eigenvalue weighted by Gasteiger charge is 2.33. The number of ether oxygens (including phenoxy) is 1. The van der Waals surface area contributed by atoms with E-state index in [1.165, 1.54) is 36.0 Å². The number of hydrogen-bond donors (Lipinski definition) is 0. The molecule has 2 aromatic rings. The molecule has 0 atom stereocenters. The molecule has 2 aromatic carbocycles. The SMILES string of the molecule is CCCC(C)(C)Oc1ccc2c(c1)CCc1c-2ccc2c1CCC2(C)C. The van der Waals surface area contributed by atoms with Crippen LogP contribution in [0.5, 0.6) is 5.75 Å². The van der Waals surface area contributed by atoms with Crippen molar-refractivity contribution in [1.82, 2.24) is 0 Å². The van der Waals surface area contributed by atoms with Crippen molar-refractivity contribution < 1.29 is 4.74 Å². The second kappa shape index (κ2) is 6.15. The van der Waals surface area contributed by atoms with Crippen molar-refractivity contribution in [2.75, 3.05) is 0 Å². The minimum atomic E-state index is -0.0953. The van der Waals surface area contributed by atoms with Gasteiger partial charge in [-0.2, -0.15) is 0 Å². The maximum atomic E-state index is 6.30. The Morgan fingerprint density at radius 3 is 2.50 bits per heavy atom. The Labute approximate surface area is 158 Å². The van der Waals surface area contributed by atoms with Gasteiger partial charge in [0.2, 0.25) is 0 Å².